The maximum absolute atomic E-state index is 13.0. The second kappa shape index (κ2) is 8.07. The summed E-state index contributed by atoms with van der Waals surface area (Å²) in [6, 6.07) is 13.0. The number of aryl methyl sites for hydroxylation is 2. The predicted molar refractivity (Wildman–Crippen MR) is 123 cm³/mol. The molecular formula is C23H24N4O2S. The Morgan fingerprint density at radius 1 is 1.17 bits per heavy atom. The Balaban J connectivity index is 1.54. The van der Waals surface area contributed by atoms with E-state index in [4.69, 9.17) is 4.99 Å². The molecule has 0 radical (unpaired) electrons. The standard InChI is InChI=1S/C23H24N4O2S/c1-13(2)20-22(29)27-21(26-20)17-7-5-6-8-18(17)25-23(27)30-12-19(28)24-16-10-9-14(3)15(4)11-16/h5-11,13,20H,12H2,1-4H3,(H,24,28)/t20-/m1/s1. The van der Waals surface area contributed by atoms with Crippen LogP contribution in [0.25, 0.3) is 0 Å². The van der Waals surface area contributed by atoms with Gasteiger partial charge in [-0.2, -0.15) is 0 Å². The Morgan fingerprint density at radius 2 is 1.93 bits per heavy atom. The normalized spacial score (nSPS) is 17.4. The van der Waals surface area contributed by atoms with Gasteiger partial charge < -0.3 is 5.32 Å². The summed E-state index contributed by atoms with van der Waals surface area (Å²) in [5, 5.41) is 3.41. The van der Waals surface area contributed by atoms with Crippen molar-refractivity contribution in [2.24, 2.45) is 15.9 Å². The molecule has 0 spiro atoms. The van der Waals surface area contributed by atoms with E-state index in [9.17, 15) is 9.59 Å². The average molecular weight is 421 g/mol. The highest BCUT2D eigenvalue weighted by Crippen LogP contribution is 2.34. The first-order chi connectivity index (χ1) is 14.3. The molecule has 1 N–H and O–H groups in total. The number of thioether (sulfide) groups is 1. The van der Waals surface area contributed by atoms with Crippen molar-refractivity contribution in [3.05, 3.63) is 59.2 Å². The Bertz CT molecular complexity index is 1090. The molecular weight excluding hydrogens is 396 g/mol. The third-order valence-electron chi connectivity index (χ3n) is 5.25. The summed E-state index contributed by atoms with van der Waals surface area (Å²) in [7, 11) is 0. The van der Waals surface area contributed by atoms with E-state index in [1.807, 2.05) is 70.2 Å². The number of carbonyl (C=O) groups is 2. The molecule has 0 fully saturated rings. The molecule has 154 valence electrons. The fourth-order valence-electron chi connectivity index (χ4n) is 3.45. The number of fused-ring (bicyclic) bond motifs is 3. The van der Waals surface area contributed by atoms with Gasteiger partial charge in [-0.25, -0.2) is 9.89 Å². The van der Waals surface area contributed by atoms with Crippen molar-refractivity contribution in [3.8, 4) is 0 Å². The van der Waals surface area contributed by atoms with Crippen LogP contribution < -0.4 is 5.32 Å². The van der Waals surface area contributed by atoms with Crippen molar-refractivity contribution in [1.82, 2.24) is 4.90 Å². The number of nitrogens with one attached hydrogen (secondary N) is 1. The lowest BCUT2D eigenvalue weighted by Crippen LogP contribution is -2.42. The van der Waals surface area contributed by atoms with Crippen molar-refractivity contribution in [2.45, 2.75) is 33.7 Å². The van der Waals surface area contributed by atoms with E-state index in [0.29, 0.717) is 11.0 Å². The number of benzene rings is 2. The van der Waals surface area contributed by atoms with Gasteiger partial charge in [0.25, 0.3) is 5.91 Å². The molecule has 2 aromatic carbocycles. The van der Waals surface area contributed by atoms with E-state index in [-0.39, 0.29) is 23.5 Å². The number of amidine groups is 2. The van der Waals surface area contributed by atoms with Crippen LogP contribution in [0.3, 0.4) is 0 Å². The summed E-state index contributed by atoms with van der Waals surface area (Å²) in [6.45, 7) is 8.02. The number of hydrogen-bond acceptors (Lipinski definition) is 5. The highest BCUT2D eigenvalue weighted by atomic mass is 32.2. The van der Waals surface area contributed by atoms with Gasteiger partial charge in [0.2, 0.25) is 5.91 Å². The molecule has 0 aliphatic carbocycles. The smallest absolute Gasteiger partial charge is 0.259 e. The topological polar surface area (TPSA) is 74.1 Å². The predicted octanol–water partition coefficient (Wildman–Crippen LogP) is 4.29. The summed E-state index contributed by atoms with van der Waals surface area (Å²) in [5.74, 6) is 0.631. The van der Waals surface area contributed by atoms with Crippen LogP contribution in [-0.2, 0) is 9.59 Å². The molecule has 0 bridgehead atoms. The fraction of sp³-hybridized carbons (Fsp3) is 0.304. The Labute approximate surface area is 180 Å². The van der Waals surface area contributed by atoms with Crippen molar-refractivity contribution in [3.63, 3.8) is 0 Å². The minimum absolute atomic E-state index is 0.0853. The molecule has 2 amide bonds. The van der Waals surface area contributed by atoms with Crippen molar-refractivity contribution >= 4 is 46.0 Å². The molecule has 0 unspecified atom stereocenters. The first-order valence-electron chi connectivity index (χ1n) is 9.95. The van der Waals surface area contributed by atoms with E-state index in [1.165, 1.54) is 17.3 Å². The van der Waals surface area contributed by atoms with Crippen LogP contribution in [-0.4, -0.2) is 39.5 Å². The largest absolute Gasteiger partial charge is 0.325 e. The zero-order chi connectivity index (χ0) is 21.4. The number of para-hydroxylation sites is 1. The highest BCUT2D eigenvalue weighted by Gasteiger charge is 2.42. The van der Waals surface area contributed by atoms with Gasteiger partial charge >= 0.3 is 0 Å². The van der Waals surface area contributed by atoms with Crippen LogP contribution in [0.2, 0.25) is 0 Å². The Kier molecular flexibility index (Phi) is 5.47. The number of anilines is 1. The van der Waals surface area contributed by atoms with Crippen LogP contribution in [0.4, 0.5) is 11.4 Å². The summed E-state index contributed by atoms with van der Waals surface area (Å²) in [5.41, 5.74) is 4.67. The molecule has 0 saturated heterocycles. The lowest BCUT2D eigenvalue weighted by Gasteiger charge is -2.25. The van der Waals surface area contributed by atoms with Crippen LogP contribution in [0.1, 0.15) is 30.5 Å². The summed E-state index contributed by atoms with van der Waals surface area (Å²) >= 11 is 1.25. The molecule has 30 heavy (non-hydrogen) atoms. The number of nitrogens with zero attached hydrogens (tertiary/aromatic N) is 3. The first kappa shape index (κ1) is 20.3. The molecule has 1 atom stereocenters. The monoisotopic (exact) mass is 420 g/mol. The number of hydrogen-bond donors (Lipinski definition) is 1. The zero-order valence-corrected chi connectivity index (χ0v) is 18.3. The maximum Gasteiger partial charge on any atom is 0.259 e. The van der Waals surface area contributed by atoms with Crippen molar-refractivity contribution < 1.29 is 9.59 Å². The minimum atomic E-state index is -0.429. The SMILES string of the molecule is Cc1ccc(NC(=O)CSC2=Nc3ccccc3C3=N[C@H](C(C)C)C(=O)N23)cc1C. The molecule has 2 aliphatic rings. The third-order valence-corrected chi connectivity index (χ3v) is 6.19. The second-order valence-corrected chi connectivity index (χ2v) is 8.81. The summed E-state index contributed by atoms with van der Waals surface area (Å²) in [4.78, 5) is 36.5. The van der Waals surface area contributed by atoms with E-state index in [0.717, 1.165) is 22.5 Å². The minimum Gasteiger partial charge on any atom is -0.325 e. The lowest BCUT2D eigenvalue weighted by molar-refractivity contribution is -0.125. The van der Waals surface area contributed by atoms with Crippen LogP contribution in [0.15, 0.2) is 52.4 Å². The van der Waals surface area contributed by atoms with Gasteiger partial charge in [0.1, 0.15) is 11.9 Å². The number of rotatable bonds is 4. The molecule has 2 heterocycles. The Hall–Kier alpha value is -2.93. The maximum atomic E-state index is 13.0. The van der Waals surface area contributed by atoms with E-state index in [1.54, 1.807) is 4.90 Å². The van der Waals surface area contributed by atoms with E-state index in [2.05, 4.69) is 10.3 Å². The molecule has 0 aromatic heterocycles. The molecule has 7 heteroatoms. The molecule has 4 rings (SSSR count). The van der Waals surface area contributed by atoms with Gasteiger partial charge in [0.15, 0.2) is 5.17 Å². The summed E-state index contributed by atoms with van der Waals surface area (Å²) < 4.78 is 0. The highest BCUT2D eigenvalue weighted by molar-refractivity contribution is 8.14. The average Bonchev–Trinajstić information content (AvgIpc) is 3.07. The van der Waals surface area contributed by atoms with Gasteiger partial charge in [-0.3, -0.25) is 14.6 Å². The number of carbonyl (C=O) groups excluding carboxylic acids is 2. The number of amides is 2. The second-order valence-electron chi connectivity index (χ2n) is 7.86. The number of aliphatic imine (C=N–C) groups is 2. The first-order valence-corrected chi connectivity index (χ1v) is 10.9. The zero-order valence-electron chi connectivity index (χ0n) is 17.5. The Morgan fingerprint density at radius 3 is 2.67 bits per heavy atom. The van der Waals surface area contributed by atoms with Gasteiger partial charge in [-0.15, -0.1) is 0 Å². The van der Waals surface area contributed by atoms with Crippen molar-refractivity contribution in [1.29, 1.82) is 0 Å². The van der Waals surface area contributed by atoms with Crippen LogP contribution >= 0.6 is 11.8 Å². The van der Waals surface area contributed by atoms with E-state index >= 15 is 0 Å². The van der Waals surface area contributed by atoms with Gasteiger partial charge in [0, 0.05) is 11.3 Å². The molecule has 0 saturated carbocycles. The third kappa shape index (κ3) is 3.77. The quantitative estimate of drug-likeness (QED) is 0.802. The molecule has 2 aromatic rings. The molecule has 6 nitrogen and oxygen atoms in total. The van der Waals surface area contributed by atoms with Crippen LogP contribution in [0.5, 0.6) is 0 Å². The lowest BCUT2D eigenvalue weighted by atomic mass is 10.1. The van der Waals surface area contributed by atoms with Gasteiger partial charge in [-0.1, -0.05) is 43.8 Å². The fourth-order valence-corrected chi connectivity index (χ4v) is 4.25. The summed E-state index contributed by atoms with van der Waals surface area (Å²) in [6.07, 6.45) is 0. The van der Waals surface area contributed by atoms with Gasteiger partial charge in [0.05, 0.1) is 11.4 Å². The van der Waals surface area contributed by atoms with Crippen LogP contribution in [0, 0.1) is 19.8 Å². The molecule has 2 aliphatic heterocycles. The van der Waals surface area contributed by atoms with Crippen molar-refractivity contribution in [2.75, 3.05) is 11.1 Å². The van der Waals surface area contributed by atoms with E-state index < -0.39 is 6.04 Å². The van der Waals surface area contributed by atoms with Gasteiger partial charge in [-0.05, 0) is 55.2 Å².